The molecule has 0 aliphatic rings. The summed E-state index contributed by atoms with van der Waals surface area (Å²) in [5, 5.41) is 15.4. The van der Waals surface area contributed by atoms with E-state index in [0.29, 0.717) is 22.6 Å². The minimum atomic E-state index is -4.47. The van der Waals surface area contributed by atoms with E-state index in [-0.39, 0.29) is 19.0 Å². The van der Waals surface area contributed by atoms with Gasteiger partial charge in [0.15, 0.2) is 6.61 Å². The van der Waals surface area contributed by atoms with Gasteiger partial charge < -0.3 is 30.0 Å². The molecule has 1 heterocycles. The topological polar surface area (TPSA) is 102 Å². The van der Waals surface area contributed by atoms with Gasteiger partial charge in [-0.1, -0.05) is 0 Å². The van der Waals surface area contributed by atoms with Crippen LogP contribution in [0.15, 0.2) is 36.5 Å². The number of aliphatic hydroxyl groups excluding tert-OH is 1. The smallest absolute Gasteiger partial charge is 0.422 e. The number of hydrogen-bond donors (Lipinski definition) is 3. The Morgan fingerprint density at radius 1 is 1.17 bits per heavy atom. The van der Waals surface area contributed by atoms with Crippen LogP contribution in [-0.4, -0.2) is 49.7 Å². The van der Waals surface area contributed by atoms with Gasteiger partial charge in [-0.25, -0.2) is 9.78 Å². The number of carbonyl (C=O) groups excluding carboxylic acids is 1. The van der Waals surface area contributed by atoms with Gasteiger partial charge in [-0.3, -0.25) is 0 Å². The average molecular weight is 429 g/mol. The SMILES string of the molecule is COc1ccc(OC)c(C(O)CNC(=O)NCc2ccnc(OCC(F)(F)F)c2)c1. The van der Waals surface area contributed by atoms with Crippen LogP contribution in [0.2, 0.25) is 0 Å². The molecular formula is C19H22F3N3O5. The molecule has 1 aromatic heterocycles. The molecule has 0 aliphatic heterocycles. The van der Waals surface area contributed by atoms with E-state index in [1.807, 2.05) is 0 Å². The minimum Gasteiger partial charge on any atom is -0.497 e. The van der Waals surface area contributed by atoms with Crippen LogP contribution in [0, 0.1) is 0 Å². The fourth-order valence-electron chi connectivity index (χ4n) is 2.44. The lowest BCUT2D eigenvalue weighted by atomic mass is 10.1. The lowest BCUT2D eigenvalue weighted by Crippen LogP contribution is -2.37. The van der Waals surface area contributed by atoms with Crippen LogP contribution in [0.5, 0.6) is 17.4 Å². The second-order valence-corrected chi connectivity index (χ2v) is 6.09. The van der Waals surface area contributed by atoms with Gasteiger partial charge in [-0.15, -0.1) is 0 Å². The number of methoxy groups -OCH3 is 2. The molecule has 8 nitrogen and oxygen atoms in total. The normalized spacial score (nSPS) is 12.1. The first-order valence-corrected chi connectivity index (χ1v) is 8.78. The molecule has 0 radical (unpaired) electrons. The van der Waals surface area contributed by atoms with E-state index in [1.54, 1.807) is 18.2 Å². The first-order valence-electron chi connectivity index (χ1n) is 8.78. The summed E-state index contributed by atoms with van der Waals surface area (Å²) in [5.41, 5.74) is 0.935. The highest BCUT2D eigenvalue weighted by atomic mass is 19.4. The van der Waals surface area contributed by atoms with Gasteiger partial charge >= 0.3 is 12.2 Å². The summed E-state index contributed by atoms with van der Waals surface area (Å²) < 4.78 is 51.5. The van der Waals surface area contributed by atoms with Crippen LogP contribution in [0.1, 0.15) is 17.2 Å². The van der Waals surface area contributed by atoms with Crippen molar-refractivity contribution in [3.8, 4) is 17.4 Å². The summed E-state index contributed by atoms with van der Waals surface area (Å²) >= 11 is 0. The van der Waals surface area contributed by atoms with E-state index >= 15 is 0 Å². The molecule has 1 aromatic carbocycles. The van der Waals surface area contributed by atoms with Gasteiger partial charge in [0.05, 0.1) is 14.2 Å². The van der Waals surface area contributed by atoms with E-state index < -0.39 is 24.9 Å². The van der Waals surface area contributed by atoms with Crippen molar-refractivity contribution in [2.75, 3.05) is 27.4 Å². The predicted molar refractivity (Wildman–Crippen MR) is 101 cm³/mol. The summed E-state index contributed by atoms with van der Waals surface area (Å²) in [6, 6.07) is 7.16. The van der Waals surface area contributed by atoms with Crippen LogP contribution < -0.4 is 24.8 Å². The number of amides is 2. The van der Waals surface area contributed by atoms with Gasteiger partial charge in [0.1, 0.15) is 17.6 Å². The molecular weight excluding hydrogens is 407 g/mol. The molecule has 0 aliphatic carbocycles. The molecule has 30 heavy (non-hydrogen) atoms. The average Bonchev–Trinajstić information content (AvgIpc) is 2.73. The number of pyridine rings is 1. The number of nitrogens with one attached hydrogen (secondary N) is 2. The minimum absolute atomic E-state index is 0.0231. The van der Waals surface area contributed by atoms with Crippen molar-refractivity contribution in [3.63, 3.8) is 0 Å². The number of halogens is 3. The van der Waals surface area contributed by atoms with Crippen LogP contribution >= 0.6 is 0 Å². The summed E-state index contributed by atoms with van der Waals surface area (Å²) in [7, 11) is 2.95. The van der Waals surface area contributed by atoms with Crippen molar-refractivity contribution in [3.05, 3.63) is 47.7 Å². The Balaban J connectivity index is 1.85. The number of carbonyl (C=O) groups is 1. The standard InChI is InChI=1S/C19H22F3N3O5/c1-28-13-3-4-16(29-2)14(8-13)15(26)10-25-18(27)24-9-12-5-6-23-17(7-12)30-11-19(20,21)22/h3-8,15,26H,9-11H2,1-2H3,(H2,24,25,27). The monoisotopic (exact) mass is 429 g/mol. The molecule has 1 unspecified atom stereocenters. The van der Waals surface area contributed by atoms with Crippen molar-refractivity contribution in [2.24, 2.45) is 0 Å². The molecule has 2 rings (SSSR count). The number of ether oxygens (including phenoxy) is 3. The van der Waals surface area contributed by atoms with Gasteiger partial charge in [0.2, 0.25) is 5.88 Å². The zero-order valence-electron chi connectivity index (χ0n) is 16.3. The van der Waals surface area contributed by atoms with Crippen molar-refractivity contribution >= 4 is 6.03 Å². The van der Waals surface area contributed by atoms with Crippen molar-refractivity contribution in [1.29, 1.82) is 0 Å². The Kier molecular flexibility index (Phi) is 8.10. The summed E-state index contributed by atoms with van der Waals surface area (Å²) in [4.78, 5) is 15.7. The Hall–Kier alpha value is -3.21. The number of nitrogens with zero attached hydrogens (tertiary/aromatic N) is 1. The fraction of sp³-hybridized carbons (Fsp3) is 0.368. The maximum atomic E-state index is 12.2. The molecule has 0 bridgehead atoms. The zero-order chi connectivity index (χ0) is 22.1. The third kappa shape index (κ3) is 7.32. The highest BCUT2D eigenvalue weighted by Gasteiger charge is 2.28. The molecule has 1 atom stereocenters. The summed E-state index contributed by atoms with van der Waals surface area (Å²) in [6.45, 7) is -1.54. The molecule has 2 amide bonds. The van der Waals surface area contributed by atoms with E-state index in [4.69, 9.17) is 9.47 Å². The second kappa shape index (κ2) is 10.5. The van der Waals surface area contributed by atoms with E-state index in [0.717, 1.165) is 0 Å². The maximum Gasteiger partial charge on any atom is 0.422 e. The van der Waals surface area contributed by atoms with Gasteiger partial charge in [-0.2, -0.15) is 13.2 Å². The van der Waals surface area contributed by atoms with Gasteiger partial charge in [0.25, 0.3) is 0 Å². The maximum absolute atomic E-state index is 12.2. The predicted octanol–water partition coefficient (Wildman–Crippen LogP) is 2.57. The van der Waals surface area contributed by atoms with Crippen LogP contribution in [0.25, 0.3) is 0 Å². The Bertz CT molecular complexity index is 848. The number of aliphatic hydroxyl groups is 1. The quantitative estimate of drug-likeness (QED) is 0.566. The Morgan fingerprint density at radius 3 is 2.60 bits per heavy atom. The Morgan fingerprint density at radius 2 is 1.93 bits per heavy atom. The molecule has 0 spiro atoms. The molecule has 0 saturated heterocycles. The number of aromatic nitrogens is 1. The second-order valence-electron chi connectivity index (χ2n) is 6.09. The molecule has 3 N–H and O–H groups in total. The fourth-order valence-corrected chi connectivity index (χ4v) is 2.44. The van der Waals surface area contributed by atoms with Crippen LogP contribution in [-0.2, 0) is 6.54 Å². The summed E-state index contributed by atoms with van der Waals surface area (Å²) in [6.07, 6.45) is -4.24. The van der Waals surface area contributed by atoms with Gasteiger partial charge in [0, 0.05) is 30.9 Å². The van der Waals surface area contributed by atoms with Crippen molar-refractivity contribution < 1.29 is 37.3 Å². The van der Waals surface area contributed by atoms with Crippen LogP contribution in [0.3, 0.4) is 0 Å². The number of benzene rings is 1. The molecule has 11 heteroatoms. The number of rotatable bonds is 9. The highest BCUT2D eigenvalue weighted by molar-refractivity contribution is 5.73. The first kappa shape index (κ1) is 23.1. The third-order valence-electron chi connectivity index (χ3n) is 3.89. The number of alkyl halides is 3. The molecule has 0 saturated carbocycles. The summed E-state index contributed by atoms with van der Waals surface area (Å²) in [5.74, 6) is 0.761. The third-order valence-corrected chi connectivity index (χ3v) is 3.89. The number of hydrogen-bond acceptors (Lipinski definition) is 6. The molecule has 164 valence electrons. The van der Waals surface area contributed by atoms with Crippen molar-refractivity contribution in [1.82, 2.24) is 15.6 Å². The van der Waals surface area contributed by atoms with Gasteiger partial charge in [-0.05, 0) is 29.8 Å². The largest absolute Gasteiger partial charge is 0.497 e. The van der Waals surface area contributed by atoms with Crippen LogP contribution in [0.4, 0.5) is 18.0 Å². The molecule has 2 aromatic rings. The van der Waals surface area contributed by atoms with E-state index in [1.165, 1.54) is 32.5 Å². The van der Waals surface area contributed by atoms with E-state index in [2.05, 4.69) is 20.4 Å². The lowest BCUT2D eigenvalue weighted by Gasteiger charge is -2.17. The first-order chi connectivity index (χ1) is 14.2. The Labute approximate surface area is 171 Å². The zero-order valence-corrected chi connectivity index (χ0v) is 16.3. The lowest BCUT2D eigenvalue weighted by molar-refractivity contribution is -0.154. The highest BCUT2D eigenvalue weighted by Crippen LogP contribution is 2.29. The van der Waals surface area contributed by atoms with E-state index in [9.17, 15) is 23.1 Å². The molecule has 0 fully saturated rings. The van der Waals surface area contributed by atoms with Crippen molar-refractivity contribution in [2.45, 2.75) is 18.8 Å². The number of urea groups is 1.